The second-order valence-corrected chi connectivity index (χ2v) is 7.36. The Hall–Kier alpha value is -0.420. The third-order valence-corrected chi connectivity index (χ3v) is 5.55. The van der Waals surface area contributed by atoms with Gasteiger partial charge in [0.15, 0.2) is 0 Å². The Morgan fingerprint density at radius 2 is 2.35 bits per heavy atom. The largest absolute Gasteiger partial charge is 0.309 e. The highest BCUT2D eigenvalue weighted by Gasteiger charge is 2.24. The molecule has 1 atom stereocenters. The average Bonchev–Trinajstić information content (AvgIpc) is 2.87. The molecule has 0 amide bonds. The number of aromatic nitrogens is 1. The Kier molecular flexibility index (Phi) is 4.46. The minimum atomic E-state index is 0.402. The van der Waals surface area contributed by atoms with Gasteiger partial charge in [-0.05, 0) is 44.0 Å². The van der Waals surface area contributed by atoms with E-state index < -0.39 is 0 Å². The predicted molar refractivity (Wildman–Crippen MR) is 89.6 cm³/mol. The van der Waals surface area contributed by atoms with E-state index in [1.165, 1.54) is 23.4 Å². The molecule has 0 aliphatic heterocycles. The summed E-state index contributed by atoms with van der Waals surface area (Å²) in [5.41, 5.74) is 2.25. The third kappa shape index (κ3) is 2.80. The van der Waals surface area contributed by atoms with Gasteiger partial charge in [-0.15, -0.1) is 11.3 Å². The molecule has 1 heterocycles. The van der Waals surface area contributed by atoms with E-state index >= 15 is 0 Å². The van der Waals surface area contributed by atoms with Gasteiger partial charge < -0.3 is 5.32 Å². The zero-order valence-electron chi connectivity index (χ0n) is 11.2. The van der Waals surface area contributed by atoms with Crippen LogP contribution in [0.3, 0.4) is 0 Å². The fourth-order valence-corrected chi connectivity index (χ4v) is 4.46. The van der Waals surface area contributed by atoms with Crippen molar-refractivity contribution in [1.82, 2.24) is 10.3 Å². The SMILES string of the molecule is CCNC1CCCc2sc(-c3cc(Br)ccc3Cl)nc21. The Morgan fingerprint density at radius 1 is 1.50 bits per heavy atom. The van der Waals surface area contributed by atoms with Crippen LogP contribution in [0.2, 0.25) is 5.02 Å². The Morgan fingerprint density at radius 3 is 3.15 bits per heavy atom. The summed E-state index contributed by atoms with van der Waals surface area (Å²) in [5.74, 6) is 0. The molecular weight excluding hydrogens is 356 g/mol. The van der Waals surface area contributed by atoms with Crippen molar-refractivity contribution in [3.05, 3.63) is 38.3 Å². The van der Waals surface area contributed by atoms with Gasteiger partial charge in [0.2, 0.25) is 0 Å². The second kappa shape index (κ2) is 6.14. The van der Waals surface area contributed by atoms with E-state index in [9.17, 15) is 0 Å². The summed E-state index contributed by atoms with van der Waals surface area (Å²) in [6.07, 6.45) is 3.55. The smallest absolute Gasteiger partial charge is 0.125 e. The number of rotatable bonds is 3. The van der Waals surface area contributed by atoms with Gasteiger partial charge in [-0.25, -0.2) is 4.98 Å². The Balaban J connectivity index is 2.02. The Bertz CT molecular complexity index is 626. The first-order valence-corrected chi connectivity index (χ1v) is 8.86. The number of halogens is 2. The van der Waals surface area contributed by atoms with Crippen molar-refractivity contribution in [2.24, 2.45) is 0 Å². The number of benzene rings is 1. The molecule has 1 aromatic heterocycles. The van der Waals surface area contributed by atoms with Crippen LogP contribution in [0.5, 0.6) is 0 Å². The maximum Gasteiger partial charge on any atom is 0.125 e. The molecule has 1 unspecified atom stereocenters. The van der Waals surface area contributed by atoms with Gasteiger partial charge >= 0.3 is 0 Å². The van der Waals surface area contributed by atoms with Crippen LogP contribution in [0.1, 0.15) is 36.4 Å². The lowest BCUT2D eigenvalue weighted by Crippen LogP contribution is -2.24. The van der Waals surface area contributed by atoms with Crippen LogP contribution in [-0.4, -0.2) is 11.5 Å². The number of aryl methyl sites for hydroxylation is 1. The maximum atomic E-state index is 6.32. The molecule has 1 aliphatic rings. The van der Waals surface area contributed by atoms with Crippen LogP contribution in [-0.2, 0) is 6.42 Å². The van der Waals surface area contributed by atoms with Crippen molar-refractivity contribution < 1.29 is 0 Å². The first-order chi connectivity index (χ1) is 9.69. The molecule has 106 valence electrons. The fourth-order valence-electron chi connectivity index (χ4n) is 2.64. The summed E-state index contributed by atoms with van der Waals surface area (Å²) in [5, 5.41) is 5.33. The quantitative estimate of drug-likeness (QED) is 0.800. The van der Waals surface area contributed by atoms with E-state index in [1.807, 2.05) is 12.1 Å². The summed E-state index contributed by atoms with van der Waals surface area (Å²) >= 11 is 11.6. The lowest BCUT2D eigenvalue weighted by molar-refractivity contribution is 0.465. The molecule has 3 rings (SSSR count). The molecule has 0 radical (unpaired) electrons. The second-order valence-electron chi connectivity index (χ2n) is 4.95. The predicted octanol–water partition coefficient (Wildman–Crippen LogP) is 5.21. The van der Waals surface area contributed by atoms with Crippen molar-refractivity contribution in [3.8, 4) is 10.6 Å². The van der Waals surface area contributed by atoms with Crippen molar-refractivity contribution in [2.45, 2.75) is 32.2 Å². The number of hydrogen-bond donors (Lipinski definition) is 1. The number of nitrogens with one attached hydrogen (secondary N) is 1. The van der Waals surface area contributed by atoms with Gasteiger partial charge in [0.25, 0.3) is 0 Å². The lowest BCUT2D eigenvalue weighted by atomic mass is 9.98. The van der Waals surface area contributed by atoms with E-state index in [4.69, 9.17) is 16.6 Å². The molecule has 0 bridgehead atoms. The van der Waals surface area contributed by atoms with Crippen LogP contribution in [0.4, 0.5) is 0 Å². The minimum Gasteiger partial charge on any atom is -0.309 e. The van der Waals surface area contributed by atoms with Crippen molar-refractivity contribution in [1.29, 1.82) is 0 Å². The highest BCUT2D eigenvalue weighted by molar-refractivity contribution is 9.10. The van der Waals surface area contributed by atoms with Crippen LogP contribution >= 0.6 is 38.9 Å². The van der Waals surface area contributed by atoms with E-state index in [2.05, 4.69) is 34.2 Å². The van der Waals surface area contributed by atoms with Crippen LogP contribution in [0, 0.1) is 0 Å². The van der Waals surface area contributed by atoms with Gasteiger partial charge in [-0.1, -0.05) is 34.5 Å². The number of nitrogens with zero attached hydrogens (tertiary/aromatic N) is 1. The molecule has 0 spiro atoms. The third-order valence-electron chi connectivity index (χ3n) is 3.56. The number of hydrogen-bond acceptors (Lipinski definition) is 3. The summed E-state index contributed by atoms with van der Waals surface area (Å²) in [7, 11) is 0. The monoisotopic (exact) mass is 370 g/mol. The molecule has 2 nitrogen and oxygen atoms in total. The highest BCUT2D eigenvalue weighted by Crippen LogP contribution is 2.39. The van der Waals surface area contributed by atoms with E-state index in [-0.39, 0.29) is 0 Å². The van der Waals surface area contributed by atoms with E-state index in [0.717, 1.165) is 33.0 Å². The molecule has 1 aromatic carbocycles. The summed E-state index contributed by atoms with van der Waals surface area (Å²) in [4.78, 5) is 6.28. The van der Waals surface area contributed by atoms with Crippen molar-refractivity contribution in [2.75, 3.05) is 6.54 Å². The van der Waals surface area contributed by atoms with Gasteiger partial charge in [-0.2, -0.15) is 0 Å². The first-order valence-electron chi connectivity index (χ1n) is 6.87. The molecule has 1 aliphatic carbocycles. The van der Waals surface area contributed by atoms with E-state index in [1.54, 1.807) is 11.3 Å². The van der Waals surface area contributed by atoms with Gasteiger partial charge in [0.05, 0.1) is 16.8 Å². The van der Waals surface area contributed by atoms with Crippen molar-refractivity contribution in [3.63, 3.8) is 0 Å². The molecule has 0 saturated heterocycles. The fraction of sp³-hybridized carbons (Fsp3) is 0.400. The summed E-state index contributed by atoms with van der Waals surface area (Å²) < 4.78 is 1.04. The number of thiazole rings is 1. The molecule has 0 fully saturated rings. The lowest BCUT2D eigenvalue weighted by Gasteiger charge is -2.21. The minimum absolute atomic E-state index is 0.402. The van der Waals surface area contributed by atoms with E-state index in [0.29, 0.717) is 6.04 Å². The molecule has 0 saturated carbocycles. The zero-order chi connectivity index (χ0) is 14.1. The van der Waals surface area contributed by atoms with Crippen LogP contribution < -0.4 is 5.32 Å². The highest BCUT2D eigenvalue weighted by atomic mass is 79.9. The van der Waals surface area contributed by atoms with Gasteiger partial charge in [0, 0.05) is 14.9 Å². The first kappa shape index (κ1) is 14.5. The van der Waals surface area contributed by atoms with Crippen LogP contribution in [0.15, 0.2) is 22.7 Å². The van der Waals surface area contributed by atoms with Crippen LogP contribution in [0.25, 0.3) is 10.6 Å². The molecule has 1 N–H and O–H groups in total. The molecule has 20 heavy (non-hydrogen) atoms. The normalized spacial score (nSPS) is 18.1. The Labute approximate surface area is 136 Å². The molecular formula is C15H16BrClN2S. The van der Waals surface area contributed by atoms with Gasteiger partial charge in [-0.3, -0.25) is 0 Å². The summed E-state index contributed by atoms with van der Waals surface area (Å²) in [6.45, 7) is 3.13. The number of fused-ring (bicyclic) bond motifs is 1. The topological polar surface area (TPSA) is 24.9 Å². The molecule has 5 heteroatoms. The van der Waals surface area contributed by atoms with Gasteiger partial charge in [0.1, 0.15) is 5.01 Å². The van der Waals surface area contributed by atoms with Crippen molar-refractivity contribution >= 4 is 38.9 Å². The average molecular weight is 372 g/mol. The standard InChI is InChI=1S/C15H16BrClN2S/c1-2-18-12-4-3-5-13-14(12)19-15(20-13)10-8-9(16)6-7-11(10)17/h6-8,12,18H,2-5H2,1H3. The zero-order valence-corrected chi connectivity index (χ0v) is 14.4. The maximum absolute atomic E-state index is 6.32. The summed E-state index contributed by atoms with van der Waals surface area (Å²) in [6, 6.07) is 6.33. The molecule has 2 aromatic rings.